The molecule has 0 spiro atoms. The van der Waals surface area contributed by atoms with Crippen molar-refractivity contribution < 1.29 is 0 Å². The third kappa shape index (κ3) is 1.66. The van der Waals surface area contributed by atoms with E-state index in [0.717, 1.165) is 24.7 Å². The van der Waals surface area contributed by atoms with E-state index < -0.39 is 0 Å². The van der Waals surface area contributed by atoms with Gasteiger partial charge in [0.1, 0.15) is 12.2 Å². The van der Waals surface area contributed by atoms with E-state index in [1.54, 1.807) is 6.33 Å². The number of aromatic nitrogens is 3. The summed E-state index contributed by atoms with van der Waals surface area (Å²) in [4.78, 5) is 4.26. The van der Waals surface area contributed by atoms with Gasteiger partial charge in [0.25, 0.3) is 0 Å². The molecule has 1 aromatic heterocycles. The first-order valence-electron chi connectivity index (χ1n) is 5.18. The Kier molecular flexibility index (Phi) is 2.31. The Morgan fingerprint density at radius 2 is 2.36 bits per heavy atom. The second kappa shape index (κ2) is 3.35. The number of hydrogen-bond acceptors (Lipinski definition) is 3. The minimum atomic E-state index is 0.223. The quantitative estimate of drug-likeness (QED) is 0.769. The maximum absolute atomic E-state index is 5.86. The predicted octanol–water partition coefficient (Wildman–Crippen LogP) is 0.733. The molecule has 1 unspecified atom stereocenters. The van der Waals surface area contributed by atoms with Crippen LogP contribution in [-0.4, -0.2) is 21.3 Å². The van der Waals surface area contributed by atoms with Gasteiger partial charge in [-0.1, -0.05) is 6.92 Å². The zero-order valence-electron chi connectivity index (χ0n) is 8.90. The van der Waals surface area contributed by atoms with Crippen LogP contribution >= 0.6 is 0 Å². The van der Waals surface area contributed by atoms with Gasteiger partial charge in [0.05, 0.1) is 0 Å². The number of aryl methyl sites for hydroxylation is 1. The van der Waals surface area contributed by atoms with Crippen LogP contribution in [0.2, 0.25) is 0 Å². The highest BCUT2D eigenvalue weighted by Gasteiger charge is 2.41. The Bertz CT molecular complexity index is 316. The average molecular weight is 194 g/mol. The van der Waals surface area contributed by atoms with Crippen LogP contribution in [0.25, 0.3) is 0 Å². The fraction of sp³-hybridized carbons (Fsp3) is 0.800. The molecule has 1 fully saturated rings. The molecule has 4 nitrogen and oxygen atoms in total. The number of rotatable bonds is 4. The maximum atomic E-state index is 5.86. The Morgan fingerprint density at radius 3 is 2.79 bits per heavy atom. The molecule has 1 saturated carbocycles. The Balaban J connectivity index is 2.11. The molecule has 4 heteroatoms. The zero-order chi connectivity index (χ0) is 10.2. The molecule has 0 saturated heterocycles. The standard InChI is InChI=1S/C10H18N4/c1-10(6-11,8-3-4-8)5-9-12-7-13-14(9)2/h7-8H,3-6,11H2,1-2H3. The highest BCUT2D eigenvalue weighted by Crippen LogP contribution is 2.46. The van der Waals surface area contributed by atoms with E-state index in [-0.39, 0.29) is 5.41 Å². The fourth-order valence-electron chi connectivity index (χ4n) is 2.00. The predicted molar refractivity (Wildman–Crippen MR) is 54.6 cm³/mol. The van der Waals surface area contributed by atoms with E-state index in [4.69, 9.17) is 5.73 Å². The molecule has 0 amide bonds. The molecular weight excluding hydrogens is 176 g/mol. The van der Waals surface area contributed by atoms with Crippen molar-refractivity contribution in [3.05, 3.63) is 12.2 Å². The first-order chi connectivity index (χ1) is 6.65. The number of nitrogens with zero attached hydrogens (tertiary/aromatic N) is 3. The van der Waals surface area contributed by atoms with Crippen molar-refractivity contribution in [2.24, 2.45) is 24.1 Å². The van der Waals surface area contributed by atoms with Gasteiger partial charge in [0.15, 0.2) is 0 Å². The lowest BCUT2D eigenvalue weighted by Gasteiger charge is -2.27. The molecule has 78 valence electrons. The lowest BCUT2D eigenvalue weighted by atomic mass is 9.81. The van der Waals surface area contributed by atoms with Crippen molar-refractivity contribution in [3.8, 4) is 0 Å². The summed E-state index contributed by atoms with van der Waals surface area (Å²) in [6.45, 7) is 3.00. The molecule has 0 bridgehead atoms. The molecule has 1 aliphatic rings. The van der Waals surface area contributed by atoms with E-state index >= 15 is 0 Å². The zero-order valence-corrected chi connectivity index (χ0v) is 8.90. The van der Waals surface area contributed by atoms with Crippen LogP contribution in [0.15, 0.2) is 6.33 Å². The third-order valence-electron chi connectivity index (χ3n) is 3.40. The Hall–Kier alpha value is -0.900. The maximum Gasteiger partial charge on any atom is 0.138 e. The molecule has 2 N–H and O–H groups in total. The van der Waals surface area contributed by atoms with Gasteiger partial charge < -0.3 is 5.73 Å². The van der Waals surface area contributed by atoms with E-state index in [9.17, 15) is 0 Å². The van der Waals surface area contributed by atoms with Crippen LogP contribution < -0.4 is 5.73 Å². The van der Waals surface area contributed by atoms with Crippen LogP contribution in [0, 0.1) is 11.3 Å². The molecule has 0 aromatic carbocycles. The van der Waals surface area contributed by atoms with Crippen LogP contribution in [0.5, 0.6) is 0 Å². The van der Waals surface area contributed by atoms with Gasteiger partial charge in [-0.15, -0.1) is 0 Å². The van der Waals surface area contributed by atoms with Crippen LogP contribution in [0.4, 0.5) is 0 Å². The first-order valence-corrected chi connectivity index (χ1v) is 5.18. The number of hydrogen-bond donors (Lipinski definition) is 1. The lowest BCUT2D eigenvalue weighted by Crippen LogP contribution is -2.32. The van der Waals surface area contributed by atoms with Crippen molar-refractivity contribution >= 4 is 0 Å². The van der Waals surface area contributed by atoms with Crippen molar-refractivity contribution in [2.75, 3.05) is 6.54 Å². The molecule has 14 heavy (non-hydrogen) atoms. The minimum absolute atomic E-state index is 0.223. The summed E-state index contributed by atoms with van der Waals surface area (Å²) in [6.07, 6.45) is 5.21. The monoisotopic (exact) mass is 194 g/mol. The van der Waals surface area contributed by atoms with Crippen LogP contribution in [-0.2, 0) is 13.5 Å². The van der Waals surface area contributed by atoms with E-state index in [1.807, 2.05) is 11.7 Å². The Labute approximate surface area is 84.5 Å². The highest BCUT2D eigenvalue weighted by molar-refractivity contribution is 4.99. The van der Waals surface area contributed by atoms with Gasteiger partial charge in [-0.05, 0) is 30.7 Å². The van der Waals surface area contributed by atoms with Crippen molar-refractivity contribution in [3.63, 3.8) is 0 Å². The fourth-order valence-corrected chi connectivity index (χ4v) is 2.00. The van der Waals surface area contributed by atoms with Gasteiger partial charge in [-0.25, -0.2) is 4.98 Å². The molecule has 1 atom stereocenters. The van der Waals surface area contributed by atoms with E-state index in [1.165, 1.54) is 12.8 Å². The van der Waals surface area contributed by atoms with Gasteiger partial charge in [-0.3, -0.25) is 4.68 Å². The van der Waals surface area contributed by atoms with E-state index in [0.29, 0.717) is 0 Å². The van der Waals surface area contributed by atoms with Gasteiger partial charge in [0, 0.05) is 13.5 Å². The van der Waals surface area contributed by atoms with E-state index in [2.05, 4.69) is 17.0 Å². The van der Waals surface area contributed by atoms with Gasteiger partial charge >= 0.3 is 0 Å². The van der Waals surface area contributed by atoms with Gasteiger partial charge in [0.2, 0.25) is 0 Å². The number of nitrogens with two attached hydrogens (primary N) is 1. The average Bonchev–Trinajstić information content (AvgIpc) is 2.95. The SMILES string of the molecule is Cn1ncnc1CC(C)(CN)C1CC1. The summed E-state index contributed by atoms with van der Waals surface area (Å²) in [5.41, 5.74) is 6.08. The summed E-state index contributed by atoms with van der Waals surface area (Å²) < 4.78 is 1.84. The summed E-state index contributed by atoms with van der Waals surface area (Å²) in [5, 5.41) is 4.08. The normalized spacial score (nSPS) is 20.8. The van der Waals surface area contributed by atoms with Gasteiger partial charge in [-0.2, -0.15) is 5.10 Å². The summed E-state index contributed by atoms with van der Waals surface area (Å²) in [5.74, 6) is 1.84. The Morgan fingerprint density at radius 1 is 1.64 bits per heavy atom. The van der Waals surface area contributed by atoms with Crippen LogP contribution in [0.3, 0.4) is 0 Å². The second-order valence-electron chi connectivity index (χ2n) is 4.61. The third-order valence-corrected chi connectivity index (χ3v) is 3.40. The van der Waals surface area contributed by atoms with Crippen LogP contribution in [0.1, 0.15) is 25.6 Å². The highest BCUT2D eigenvalue weighted by atomic mass is 15.3. The molecule has 1 aromatic rings. The molecule has 1 heterocycles. The summed E-state index contributed by atoms with van der Waals surface area (Å²) in [6, 6.07) is 0. The largest absolute Gasteiger partial charge is 0.330 e. The van der Waals surface area contributed by atoms with Crippen molar-refractivity contribution in [1.82, 2.24) is 14.8 Å². The minimum Gasteiger partial charge on any atom is -0.330 e. The summed E-state index contributed by atoms with van der Waals surface area (Å²) in [7, 11) is 1.94. The molecule has 0 aliphatic heterocycles. The summed E-state index contributed by atoms with van der Waals surface area (Å²) >= 11 is 0. The molecule has 1 aliphatic carbocycles. The lowest BCUT2D eigenvalue weighted by molar-refractivity contribution is 0.272. The van der Waals surface area contributed by atoms with Crippen molar-refractivity contribution in [2.45, 2.75) is 26.2 Å². The topological polar surface area (TPSA) is 56.7 Å². The second-order valence-corrected chi connectivity index (χ2v) is 4.61. The smallest absolute Gasteiger partial charge is 0.138 e. The molecular formula is C10H18N4. The van der Waals surface area contributed by atoms with Crippen molar-refractivity contribution in [1.29, 1.82) is 0 Å². The first kappa shape index (κ1) is 9.65. The molecule has 2 rings (SSSR count). The molecule has 0 radical (unpaired) electrons.